The average molecular weight is 375 g/mol. The Morgan fingerprint density at radius 2 is 1.87 bits per heavy atom. The van der Waals surface area contributed by atoms with Crippen LogP contribution >= 0.6 is 15.9 Å². The third-order valence-electron chi connectivity index (χ3n) is 3.26. The number of benzene rings is 2. The van der Waals surface area contributed by atoms with Gasteiger partial charge >= 0.3 is 0 Å². The van der Waals surface area contributed by atoms with Crippen molar-refractivity contribution in [3.63, 3.8) is 0 Å². The fourth-order valence-corrected chi connectivity index (χ4v) is 2.41. The van der Waals surface area contributed by atoms with E-state index >= 15 is 0 Å². The first-order chi connectivity index (χ1) is 11.0. The molecule has 0 spiro atoms. The van der Waals surface area contributed by atoms with E-state index < -0.39 is 0 Å². The van der Waals surface area contributed by atoms with E-state index in [0.717, 1.165) is 21.4 Å². The van der Waals surface area contributed by atoms with Gasteiger partial charge < -0.3 is 15.0 Å². The Labute approximate surface area is 144 Å². The second-order valence-corrected chi connectivity index (χ2v) is 6.07. The lowest BCUT2D eigenvalue weighted by Gasteiger charge is -2.12. The molecule has 5 heteroatoms. The molecule has 0 atom stereocenters. The van der Waals surface area contributed by atoms with Crippen LogP contribution in [0.5, 0.6) is 5.75 Å². The largest absolute Gasteiger partial charge is 0.496 e. The normalized spacial score (nSPS) is 10.6. The van der Waals surface area contributed by atoms with Gasteiger partial charge in [-0.15, -0.1) is 0 Å². The highest BCUT2D eigenvalue weighted by molar-refractivity contribution is 9.10. The van der Waals surface area contributed by atoms with Crippen LogP contribution in [0.3, 0.4) is 0 Å². The molecule has 4 nitrogen and oxygen atoms in total. The van der Waals surface area contributed by atoms with Gasteiger partial charge in [-0.3, -0.25) is 4.79 Å². The molecule has 0 aromatic heterocycles. The van der Waals surface area contributed by atoms with E-state index in [4.69, 9.17) is 4.74 Å². The van der Waals surface area contributed by atoms with Gasteiger partial charge in [-0.2, -0.15) is 0 Å². The summed E-state index contributed by atoms with van der Waals surface area (Å²) in [5.74, 6) is 0.525. The molecule has 1 N–H and O–H groups in total. The summed E-state index contributed by atoms with van der Waals surface area (Å²) in [6, 6.07) is 13.3. The number of hydrogen-bond donors (Lipinski definition) is 1. The predicted molar refractivity (Wildman–Crippen MR) is 99.1 cm³/mol. The second-order valence-electron chi connectivity index (χ2n) is 5.15. The molecule has 2 rings (SSSR count). The van der Waals surface area contributed by atoms with E-state index in [1.165, 1.54) is 6.08 Å². The topological polar surface area (TPSA) is 41.6 Å². The van der Waals surface area contributed by atoms with E-state index in [9.17, 15) is 4.79 Å². The number of nitrogens with one attached hydrogen (secondary N) is 1. The Hall–Kier alpha value is -2.27. The maximum absolute atomic E-state index is 12.0. The minimum Gasteiger partial charge on any atom is -0.496 e. The number of anilines is 2. The zero-order chi connectivity index (χ0) is 16.8. The summed E-state index contributed by atoms with van der Waals surface area (Å²) < 4.78 is 6.21. The predicted octanol–water partition coefficient (Wildman–Crippen LogP) is 4.18. The number of ether oxygens (including phenoxy) is 1. The molecule has 0 aliphatic carbocycles. The number of carbonyl (C=O) groups is 1. The van der Waals surface area contributed by atoms with Crippen LogP contribution in [-0.2, 0) is 4.79 Å². The third kappa shape index (κ3) is 4.86. The summed E-state index contributed by atoms with van der Waals surface area (Å²) in [4.78, 5) is 14.0. The molecule has 0 saturated heterocycles. The summed E-state index contributed by atoms with van der Waals surface area (Å²) in [6.07, 6.45) is 3.22. The summed E-state index contributed by atoms with van der Waals surface area (Å²) in [6.45, 7) is 0. The highest BCUT2D eigenvalue weighted by atomic mass is 79.9. The number of rotatable bonds is 5. The Bertz CT molecular complexity index is 709. The van der Waals surface area contributed by atoms with Crippen molar-refractivity contribution in [2.75, 3.05) is 31.4 Å². The van der Waals surface area contributed by atoms with Gasteiger partial charge in [-0.05, 0) is 48.5 Å². The van der Waals surface area contributed by atoms with Gasteiger partial charge in [0.05, 0.1) is 7.11 Å². The summed E-state index contributed by atoms with van der Waals surface area (Å²) in [5, 5.41) is 2.83. The fraction of sp³-hybridized carbons (Fsp3) is 0.167. The van der Waals surface area contributed by atoms with Crippen molar-refractivity contribution in [2.45, 2.75) is 0 Å². The lowest BCUT2D eigenvalue weighted by Crippen LogP contribution is -2.10. The fourth-order valence-electron chi connectivity index (χ4n) is 2.03. The van der Waals surface area contributed by atoms with Crippen LogP contribution in [0.1, 0.15) is 5.56 Å². The molecule has 23 heavy (non-hydrogen) atoms. The van der Waals surface area contributed by atoms with Crippen LogP contribution in [0.15, 0.2) is 53.0 Å². The van der Waals surface area contributed by atoms with Crippen LogP contribution in [0, 0.1) is 0 Å². The molecule has 0 heterocycles. The standard InChI is InChI=1S/C18H19BrN2O2/c1-21(2)16-8-6-15(7-9-16)20-18(22)11-4-13-12-14(19)5-10-17(13)23-3/h4-12H,1-3H3,(H,20,22)/b11-4+. The summed E-state index contributed by atoms with van der Waals surface area (Å²) in [7, 11) is 5.55. The van der Waals surface area contributed by atoms with Gasteiger partial charge in [0.2, 0.25) is 5.91 Å². The van der Waals surface area contributed by atoms with Gasteiger partial charge in [0.25, 0.3) is 0 Å². The number of carbonyl (C=O) groups excluding carboxylic acids is 1. The van der Waals surface area contributed by atoms with Crippen LogP contribution < -0.4 is 15.0 Å². The number of methoxy groups -OCH3 is 1. The van der Waals surface area contributed by atoms with Gasteiger partial charge in [0.15, 0.2) is 0 Å². The van der Waals surface area contributed by atoms with Crippen molar-refractivity contribution in [2.24, 2.45) is 0 Å². The van der Waals surface area contributed by atoms with Crippen LogP contribution in [0.25, 0.3) is 6.08 Å². The maximum Gasteiger partial charge on any atom is 0.248 e. The molecule has 0 saturated carbocycles. The molecule has 120 valence electrons. The highest BCUT2D eigenvalue weighted by Crippen LogP contribution is 2.24. The number of halogens is 1. The van der Waals surface area contributed by atoms with Crippen molar-refractivity contribution in [1.29, 1.82) is 0 Å². The first-order valence-corrected chi connectivity index (χ1v) is 7.89. The van der Waals surface area contributed by atoms with Crippen molar-refractivity contribution in [1.82, 2.24) is 0 Å². The van der Waals surface area contributed by atoms with Gasteiger partial charge in [0.1, 0.15) is 5.75 Å². The Balaban J connectivity index is 2.05. The highest BCUT2D eigenvalue weighted by Gasteiger charge is 2.03. The smallest absolute Gasteiger partial charge is 0.248 e. The van der Waals surface area contributed by atoms with Crippen molar-refractivity contribution < 1.29 is 9.53 Å². The molecular weight excluding hydrogens is 356 g/mol. The zero-order valence-corrected chi connectivity index (χ0v) is 14.9. The van der Waals surface area contributed by atoms with E-state index in [0.29, 0.717) is 5.75 Å². The SMILES string of the molecule is COc1ccc(Br)cc1/C=C/C(=O)Nc1ccc(N(C)C)cc1. The van der Waals surface area contributed by atoms with Gasteiger partial charge in [-0.1, -0.05) is 15.9 Å². The van der Waals surface area contributed by atoms with E-state index in [1.807, 2.05) is 61.5 Å². The minimum atomic E-state index is -0.190. The van der Waals surface area contributed by atoms with Crippen LogP contribution in [0.2, 0.25) is 0 Å². The molecule has 0 unspecified atom stereocenters. The molecule has 0 fully saturated rings. The molecule has 2 aromatic rings. The third-order valence-corrected chi connectivity index (χ3v) is 3.75. The van der Waals surface area contributed by atoms with E-state index in [2.05, 4.69) is 21.2 Å². The van der Waals surface area contributed by atoms with E-state index in [1.54, 1.807) is 13.2 Å². The lowest BCUT2D eigenvalue weighted by molar-refractivity contribution is -0.111. The summed E-state index contributed by atoms with van der Waals surface area (Å²) >= 11 is 3.41. The summed E-state index contributed by atoms with van der Waals surface area (Å²) in [5.41, 5.74) is 2.67. The Kier molecular flexibility index (Phi) is 5.82. The first-order valence-electron chi connectivity index (χ1n) is 7.09. The number of nitrogens with zero attached hydrogens (tertiary/aromatic N) is 1. The lowest BCUT2D eigenvalue weighted by atomic mass is 10.2. The molecule has 0 aliphatic rings. The second kappa shape index (κ2) is 7.83. The van der Waals surface area contributed by atoms with Crippen LogP contribution in [-0.4, -0.2) is 27.1 Å². The Morgan fingerprint density at radius 3 is 2.48 bits per heavy atom. The van der Waals surface area contributed by atoms with Crippen molar-refractivity contribution >= 4 is 39.3 Å². The van der Waals surface area contributed by atoms with Gasteiger partial charge in [0, 0.05) is 41.6 Å². The quantitative estimate of drug-likeness (QED) is 0.798. The monoisotopic (exact) mass is 374 g/mol. The number of hydrogen-bond acceptors (Lipinski definition) is 3. The minimum absolute atomic E-state index is 0.190. The molecular formula is C18H19BrN2O2. The van der Waals surface area contributed by atoms with Crippen molar-refractivity contribution in [3.05, 3.63) is 58.6 Å². The Morgan fingerprint density at radius 1 is 1.17 bits per heavy atom. The molecule has 1 amide bonds. The molecule has 2 aromatic carbocycles. The van der Waals surface area contributed by atoms with E-state index in [-0.39, 0.29) is 5.91 Å². The maximum atomic E-state index is 12.0. The number of amides is 1. The van der Waals surface area contributed by atoms with Gasteiger partial charge in [-0.25, -0.2) is 0 Å². The van der Waals surface area contributed by atoms with Crippen LogP contribution in [0.4, 0.5) is 11.4 Å². The molecule has 0 radical (unpaired) electrons. The zero-order valence-electron chi connectivity index (χ0n) is 13.3. The van der Waals surface area contributed by atoms with Crippen molar-refractivity contribution in [3.8, 4) is 5.75 Å². The molecule has 0 bridgehead atoms. The molecule has 0 aliphatic heterocycles. The average Bonchev–Trinajstić information content (AvgIpc) is 2.53. The first kappa shape index (κ1) is 17.1.